The molecule has 154 valence electrons. The summed E-state index contributed by atoms with van der Waals surface area (Å²) in [5.74, 6) is 0.250. The minimum Gasteiger partial charge on any atom is -0.485 e. The number of rotatable bonds is 4. The number of fused-ring (bicyclic) bond motifs is 1. The SMILES string of the molecule is C[C@@H]1Oc2ccccc2C=C1/C=C(/NC(=O)c1ccccc1)C(=O)N1CCOCC1. The molecule has 2 aliphatic heterocycles. The predicted octanol–water partition coefficient (Wildman–Crippen LogP) is 3.02. The van der Waals surface area contributed by atoms with Crippen LogP contribution < -0.4 is 10.1 Å². The Balaban J connectivity index is 1.66. The second-order valence-corrected chi connectivity index (χ2v) is 7.22. The molecule has 0 saturated carbocycles. The summed E-state index contributed by atoms with van der Waals surface area (Å²) in [6.07, 6.45) is 3.46. The molecule has 0 unspecified atom stereocenters. The molecule has 1 saturated heterocycles. The minimum atomic E-state index is -0.325. The number of hydrogen-bond donors (Lipinski definition) is 1. The van der Waals surface area contributed by atoms with E-state index in [2.05, 4.69) is 5.32 Å². The van der Waals surface area contributed by atoms with Crippen molar-refractivity contribution in [3.8, 4) is 5.75 Å². The van der Waals surface area contributed by atoms with Crippen LogP contribution in [0.1, 0.15) is 22.8 Å². The largest absolute Gasteiger partial charge is 0.485 e. The molecule has 2 aliphatic rings. The van der Waals surface area contributed by atoms with Crippen molar-refractivity contribution in [2.45, 2.75) is 13.0 Å². The van der Waals surface area contributed by atoms with Crippen molar-refractivity contribution in [2.24, 2.45) is 0 Å². The van der Waals surface area contributed by atoms with Crippen LogP contribution in [0.5, 0.6) is 5.75 Å². The number of ether oxygens (including phenoxy) is 2. The third kappa shape index (κ3) is 4.44. The fourth-order valence-electron chi connectivity index (χ4n) is 3.46. The molecule has 2 aromatic carbocycles. The van der Waals surface area contributed by atoms with E-state index in [1.807, 2.05) is 43.3 Å². The first-order valence-electron chi connectivity index (χ1n) is 10.0. The van der Waals surface area contributed by atoms with Crippen LogP contribution in [0.4, 0.5) is 0 Å². The number of carbonyl (C=O) groups is 2. The summed E-state index contributed by atoms with van der Waals surface area (Å²) in [6, 6.07) is 16.6. The molecule has 6 nitrogen and oxygen atoms in total. The quantitative estimate of drug-likeness (QED) is 0.796. The van der Waals surface area contributed by atoms with Gasteiger partial charge in [0.1, 0.15) is 17.6 Å². The van der Waals surface area contributed by atoms with Crippen LogP contribution in [0.3, 0.4) is 0 Å². The lowest BCUT2D eigenvalue weighted by molar-refractivity contribution is -0.131. The topological polar surface area (TPSA) is 67.9 Å². The zero-order valence-corrected chi connectivity index (χ0v) is 16.8. The van der Waals surface area contributed by atoms with E-state index in [4.69, 9.17) is 9.47 Å². The molecule has 30 heavy (non-hydrogen) atoms. The summed E-state index contributed by atoms with van der Waals surface area (Å²) in [6.45, 7) is 3.88. The zero-order valence-electron chi connectivity index (χ0n) is 16.8. The minimum absolute atomic E-state index is 0.227. The number of carbonyl (C=O) groups excluding carboxylic acids is 2. The van der Waals surface area contributed by atoms with E-state index in [0.29, 0.717) is 31.9 Å². The number of hydrogen-bond acceptors (Lipinski definition) is 4. The molecule has 1 N–H and O–H groups in total. The van der Waals surface area contributed by atoms with E-state index in [-0.39, 0.29) is 23.6 Å². The lowest BCUT2D eigenvalue weighted by atomic mass is 10.0. The molecule has 4 rings (SSSR count). The highest BCUT2D eigenvalue weighted by Gasteiger charge is 2.25. The second kappa shape index (κ2) is 8.97. The van der Waals surface area contributed by atoms with Gasteiger partial charge in [0.2, 0.25) is 0 Å². The molecule has 0 aliphatic carbocycles. The number of amides is 2. The average Bonchev–Trinajstić information content (AvgIpc) is 2.79. The molecule has 2 aromatic rings. The van der Waals surface area contributed by atoms with E-state index in [0.717, 1.165) is 16.9 Å². The highest BCUT2D eigenvalue weighted by molar-refractivity contribution is 6.03. The fourth-order valence-corrected chi connectivity index (χ4v) is 3.46. The smallest absolute Gasteiger partial charge is 0.270 e. The van der Waals surface area contributed by atoms with Gasteiger partial charge in [-0.2, -0.15) is 0 Å². The van der Waals surface area contributed by atoms with E-state index >= 15 is 0 Å². The number of morpholine rings is 1. The van der Waals surface area contributed by atoms with Crippen LogP contribution in [-0.4, -0.2) is 49.1 Å². The Morgan fingerprint density at radius 3 is 2.50 bits per heavy atom. The van der Waals surface area contributed by atoms with Gasteiger partial charge < -0.3 is 19.7 Å². The van der Waals surface area contributed by atoms with Crippen molar-refractivity contribution in [3.05, 3.63) is 83.1 Å². The summed E-state index contributed by atoms with van der Waals surface area (Å²) >= 11 is 0. The summed E-state index contributed by atoms with van der Waals surface area (Å²) in [5.41, 5.74) is 2.48. The first kappa shape index (κ1) is 19.9. The Hall–Kier alpha value is -3.38. The van der Waals surface area contributed by atoms with E-state index in [9.17, 15) is 9.59 Å². The van der Waals surface area contributed by atoms with E-state index in [1.165, 1.54) is 0 Å². The van der Waals surface area contributed by atoms with Crippen molar-refractivity contribution < 1.29 is 19.1 Å². The van der Waals surface area contributed by atoms with Crippen molar-refractivity contribution in [1.82, 2.24) is 10.2 Å². The molecule has 0 spiro atoms. The number of benzene rings is 2. The molecule has 0 radical (unpaired) electrons. The monoisotopic (exact) mass is 404 g/mol. The highest BCUT2D eigenvalue weighted by Crippen LogP contribution is 2.30. The standard InChI is InChI=1S/C24H24N2O4/c1-17-20(15-19-9-5-6-10-22(19)30-17)16-21(24(28)26-11-13-29-14-12-26)25-23(27)18-7-3-2-4-8-18/h2-10,15-17H,11-14H2,1H3,(H,25,27)/b21-16+/t17-/m0/s1. The van der Waals surface area contributed by atoms with Gasteiger partial charge in [-0.25, -0.2) is 0 Å². The van der Waals surface area contributed by atoms with Crippen molar-refractivity contribution in [2.75, 3.05) is 26.3 Å². The summed E-state index contributed by atoms with van der Waals surface area (Å²) in [4.78, 5) is 27.7. The van der Waals surface area contributed by atoms with Crippen molar-refractivity contribution in [3.63, 3.8) is 0 Å². The van der Waals surface area contributed by atoms with Gasteiger partial charge in [0, 0.05) is 24.2 Å². The van der Waals surface area contributed by atoms with Crippen LogP contribution in [0, 0.1) is 0 Å². The van der Waals surface area contributed by atoms with Crippen molar-refractivity contribution >= 4 is 17.9 Å². The van der Waals surface area contributed by atoms with Gasteiger partial charge in [-0.05, 0) is 42.8 Å². The van der Waals surface area contributed by atoms with Gasteiger partial charge >= 0.3 is 0 Å². The maximum absolute atomic E-state index is 13.2. The maximum atomic E-state index is 13.2. The third-order valence-electron chi connectivity index (χ3n) is 5.14. The second-order valence-electron chi connectivity index (χ2n) is 7.22. The van der Waals surface area contributed by atoms with Gasteiger partial charge in [0.15, 0.2) is 0 Å². The molecule has 0 bridgehead atoms. The van der Waals surface area contributed by atoms with E-state index in [1.54, 1.807) is 35.2 Å². The summed E-state index contributed by atoms with van der Waals surface area (Å²) in [7, 11) is 0. The fraction of sp³-hybridized carbons (Fsp3) is 0.250. The molecule has 2 amide bonds. The first-order valence-corrected chi connectivity index (χ1v) is 10.0. The summed E-state index contributed by atoms with van der Waals surface area (Å²) < 4.78 is 11.3. The Bertz CT molecular complexity index is 991. The van der Waals surface area contributed by atoms with Crippen LogP contribution in [-0.2, 0) is 9.53 Å². The molecule has 0 aromatic heterocycles. The lowest BCUT2D eigenvalue weighted by Gasteiger charge is -2.28. The number of nitrogens with one attached hydrogen (secondary N) is 1. The predicted molar refractivity (Wildman–Crippen MR) is 114 cm³/mol. The maximum Gasteiger partial charge on any atom is 0.270 e. The number of nitrogens with zero attached hydrogens (tertiary/aromatic N) is 1. The third-order valence-corrected chi connectivity index (χ3v) is 5.14. The molecule has 2 heterocycles. The molecular formula is C24H24N2O4. The summed E-state index contributed by atoms with van der Waals surface area (Å²) in [5, 5.41) is 2.82. The Morgan fingerprint density at radius 1 is 1.03 bits per heavy atom. The molecular weight excluding hydrogens is 380 g/mol. The van der Waals surface area contributed by atoms with Crippen LogP contribution in [0.15, 0.2) is 71.9 Å². The Kier molecular flexibility index (Phi) is 5.95. The zero-order chi connectivity index (χ0) is 20.9. The lowest BCUT2D eigenvalue weighted by Crippen LogP contribution is -2.44. The molecule has 1 fully saturated rings. The van der Waals surface area contributed by atoms with E-state index < -0.39 is 0 Å². The Labute approximate surface area is 175 Å². The van der Waals surface area contributed by atoms with Crippen LogP contribution in [0.25, 0.3) is 6.08 Å². The number of para-hydroxylation sites is 1. The first-order chi connectivity index (χ1) is 14.6. The van der Waals surface area contributed by atoms with Gasteiger partial charge in [0.25, 0.3) is 11.8 Å². The normalized spacial score (nSPS) is 18.7. The highest BCUT2D eigenvalue weighted by atomic mass is 16.5. The van der Waals surface area contributed by atoms with Crippen LogP contribution >= 0.6 is 0 Å². The van der Waals surface area contributed by atoms with Crippen molar-refractivity contribution in [1.29, 1.82) is 0 Å². The molecule has 6 heteroatoms. The van der Waals surface area contributed by atoms with Gasteiger partial charge in [-0.15, -0.1) is 0 Å². The average molecular weight is 404 g/mol. The van der Waals surface area contributed by atoms with Crippen LogP contribution in [0.2, 0.25) is 0 Å². The molecule has 1 atom stereocenters. The van der Waals surface area contributed by atoms with Gasteiger partial charge in [0.05, 0.1) is 13.2 Å². The Morgan fingerprint density at radius 2 is 1.73 bits per heavy atom. The van der Waals surface area contributed by atoms with Gasteiger partial charge in [-0.1, -0.05) is 36.4 Å². The van der Waals surface area contributed by atoms with Gasteiger partial charge in [-0.3, -0.25) is 9.59 Å².